The first-order valence-corrected chi connectivity index (χ1v) is 9.34. The minimum atomic E-state index is 0.801. The van der Waals surface area contributed by atoms with Crippen molar-refractivity contribution in [1.82, 2.24) is 5.32 Å². The van der Waals surface area contributed by atoms with Crippen LogP contribution < -0.4 is 10.2 Å². The molecule has 1 aromatic carbocycles. The Morgan fingerprint density at radius 1 is 1.24 bits per heavy atom. The fourth-order valence-electron chi connectivity index (χ4n) is 4.03. The molecule has 2 fully saturated rings. The van der Waals surface area contributed by atoms with Crippen molar-refractivity contribution in [2.75, 3.05) is 18.0 Å². The molecule has 1 aromatic rings. The van der Waals surface area contributed by atoms with Crippen molar-refractivity contribution in [2.45, 2.75) is 58.0 Å². The van der Waals surface area contributed by atoms with E-state index in [4.69, 9.17) is 0 Å². The Hall–Kier alpha value is -0.540. The third-order valence-electron chi connectivity index (χ3n) is 5.10. The summed E-state index contributed by atoms with van der Waals surface area (Å²) in [5.74, 6) is 0.948. The lowest BCUT2D eigenvalue weighted by Crippen LogP contribution is -2.42. The summed E-state index contributed by atoms with van der Waals surface area (Å²) in [7, 11) is 0. The predicted molar refractivity (Wildman–Crippen MR) is 93.8 cm³/mol. The zero-order valence-electron chi connectivity index (χ0n) is 13.1. The molecule has 116 valence electrons. The average Bonchev–Trinajstić information content (AvgIpc) is 2.97. The molecule has 0 amide bonds. The van der Waals surface area contributed by atoms with Gasteiger partial charge in [-0.1, -0.05) is 35.3 Å². The number of hydrogen-bond donors (Lipinski definition) is 1. The standard InChI is InChI=1S/C18H27BrN2/c1-2-10-20-13-15-8-9-16(12-17(15)19)21-11-4-6-14-5-3-7-18(14)21/h8-9,12,14,18,20H,2-7,10-11,13H2,1H3. The predicted octanol–water partition coefficient (Wildman–Crippen LogP) is 4.72. The number of anilines is 1. The Balaban J connectivity index is 1.72. The van der Waals surface area contributed by atoms with E-state index in [0.29, 0.717) is 0 Å². The maximum Gasteiger partial charge on any atom is 0.0380 e. The highest BCUT2D eigenvalue weighted by Crippen LogP contribution is 2.39. The molecule has 1 aliphatic heterocycles. The minimum Gasteiger partial charge on any atom is -0.368 e. The highest BCUT2D eigenvalue weighted by Gasteiger charge is 2.35. The second-order valence-corrected chi connectivity index (χ2v) is 7.40. The van der Waals surface area contributed by atoms with Crippen LogP contribution in [0.1, 0.15) is 51.0 Å². The lowest BCUT2D eigenvalue weighted by Gasteiger charge is -2.39. The summed E-state index contributed by atoms with van der Waals surface area (Å²) in [4.78, 5) is 2.68. The van der Waals surface area contributed by atoms with Gasteiger partial charge in [0.2, 0.25) is 0 Å². The lowest BCUT2D eigenvalue weighted by atomic mass is 9.91. The van der Waals surface area contributed by atoms with Gasteiger partial charge in [0.05, 0.1) is 0 Å². The number of piperidine rings is 1. The van der Waals surface area contributed by atoms with E-state index in [-0.39, 0.29) is 0 Å². The molecule has 1 N–H and O–H groups in total. The molecular formula is C18H27BrN2. The van der Waals surface area contributed by atoms with Crippen molar-refractivity contribution in [3.63, 3.8) is 0 Å². The maximum absolute atomic E-state index is 3.77. The first-order valence-electron chi connectivity index (χ1n) is 8.55. The van der Waals surface area contributed by atoms with E-state index in [1.54, 1.807) is 0 Å². The van der Waals surface area contributed by atoms with Gasteiger partial charge in [0.1, 0.15) is 0 Å². The molecule has 1 heterocycles. The number of rotatable bonds is 5. The zero-order chi connectivity index (χ0) is 14.7. The van der Waals surface area contributed by atoms with Crippen LogP contribution in [0.15, 0.2) is 22.7 Å². The van der Waals surface area contributed by atoms with Crippen LogP contribution in [-0.2, 0) is 6.54 Å². The lowest BCUT2D eigenvalue weighted by molar-refractivity contribution is 0.362. The molecule has 2 nitrogen and oxygen atoms in total. The van der Waals surface area contributed by atoms with Gasteiger partial charge >= 0.3 is 0 Å². The number of fused-ring (bicyclic) bond motifs is 1. The molecule has 2 unspecified atom stereocenters. The highest BCUT2D eigenvalue weighted by molar-refractivity contribution is 9.10. The third-order valence-corrected chi connectivity index (χ3v) is 5.84. The molecule has 0 spiro atoms. The van der Waals surface area contributed by atoms with Gasteiger partial charge in [0, 0.05) is 29.3 Å². The molecule has 0 bridgehead atoms. The second-order valence-electron chi connectivity index (χ2n) is 6.55. The van der Waals surface area contributed by atoms with E-state index >= 15 is 0 Å². The molecule has 1 saturated heterocycles. The van der Waals surface area contributed by atoms with Crippen LogP contribution in [0.25, 0.3) is 0 Å². The van der Waals surface area contributed by atoms with Crippen LogP contribution in [0.4, 0.5) is 5.69 Å². The molecule has 3 heteroatoms. The van der Waals surface area contributed by atoms with Gasteiger partial charge in [-0.3, -0.25) is 0 Å². The van der Waals surface area contributed by atoms with Gasteiger partial charge in [-0.2, -0.15) is 0 Å². The summed E-state index contributed by atoms with van der Waals surface area (Å²) in [5.41, 5.74) is 2.78. The normalized spacial score (nSPS) is 25.1. The van der Waals surface area contributed by atoms with Crippen LogP contribution in [-0.4, -0.2) is 19.1 Å². The van der Waals surface area contributed by atoms with E-state index < -0.39 is 0 Å². The molecule has 2 aliphatic rings. The summed E-state index contributed by atoms with van der Waals surface area (Å²) >= 11 is 3.77. The Kier molecular flexibility index (Phi) is 5.23. The zero-order valence-corrected chi connectivity index (χ0v) is 14.7. The molecule has 1 aliphatic carbocycles. The van der Waals surface area contributed by atoms with E-state index in [1.807, 2.05) is 0 Å². The highest BCUT2D eigenvalue weighted by atomic mass is 79.9. The summed E-state index contributed by atoms with van der Waals surface area (Å²) in [6, 6.07) is 7.76. The average molecular weight is 351 g/mol. The van der Waals surface area contributed by atoms with Gasteiger partial charge in [-0.25, -0.2) is 0 Å². The fraction of sp³-hybridized carbons (Fsp3) is 0.667. The van der Waals surface area contributed by atoms with E-state index in [1.165, 1.54) is 60.8 Å². The van der Waals surface area contributed by atoms with Crippen molar-refractivity contribution in [1.29, 1.82) is 0 Å². The van der Waals surface area contributed by atoms with Crippen molar-refractivity contribution >= 4 is 21.6 Å². The van der Waals surface area contributed by atoms with Crippen molar-refractivity contribution in [3.8, 4) is 0 Å². The van der Waals surface area contributed by atoms with Crippen LogP contribution in [0.3, 0.4) is 0 Å². The number of nitrogens with one attached hydrogen (secondary N) is 1. The van der Waals surface area contributed by atoms with E-state index in [2.05, 4.69) is 51.3 Å². The summed E-state index contributed by atoms with van der Waals surface area (Å²) < 4.78 is 1.25. The van der Waals surface area contributed by atoms with Crippen LogP contribution in [0.5, 0.6) is 0 Å². The van der Waals surface area contributed by atoms with Crippen LogP contribution in [0.2, 0.25) is 0 Å². The van der Waals surface area contributed by atoms with E-state index in [9.17, 15) is 0 Å². The molecule has 2 atom stereocenters. The smallest absolute Gasteiger partial charge is 0.0380 e. The van der Waals surface area contributed by atoms with Crippen molar-refractivity contribution in [3.05, 3.63) is 28.2 Å². The Morgan fingerprint density at radius 3 is 2.90 bits per heavy atom. The Labute approximate surface area is 137 Å². The number of benzene rings is 1. The van der Waals surface area contributed by atoms with Gasteiger partial charge in [-0.05, 0) is 62.3 Å². The molecule has 21 heavy (non-hydrogen) atoms. The molecule has 0 radical (unpaired) electrons. The second kappa shape index (κ2) is 7.15. The van der Waals surface area contributed by atoms with Crippen molar-refractivity contribution < 1.29 is 0 Å². The monoisotopic (exact) mass is 350 g/mol. The molecule has 3 rings (SSSR count). The quantitative estimate of drug-likeness (QED) is 0.773. The Morgan fingerprint density at radius 2 is 2.10 bits per heavy atom. The topological polar surface area (TPSA) is 15.3 Å². The molecule has 1 saturated carbocycles. The number of halogens is 1. The minimum absolute atomic E-state index is 0.801. The van der Waals surface area contributed by atoms with Crippen LogP contribution >= 0.6 is 15.9 Å². The Bertz CT molecular complexity index is 474. The summed E-state index contributed by atoms with van der Waals surface area (Å²) in [5, 5.41) is 3.48. The van der Waals surface area contributed by atoms with Gasteiger partial charge in [-0.15, -0.1) is 0 Å². The van der Waals surface area contributed by atoms with Crippen LogP contribution in [0, 0.1) is 5.92 Å². The molecular weight excluding hydrogens is 324 g/mol. The number of hydrogen-bond acceptors (Lipinski definition) is 2. The number of nitrogens with zero attached hydrogens (tertiary/aromatic N) is 1. The third kappa shape index (κ3) is 3.45. The summed E-state index contributed by atoms with van der Waals surface area (Å²) in [6.45, 7) is 5.49. The van der Waals surface area contributed by atoms with Gasteiger partial charge in [0.25, 0.3) is 0 Å². The van der Waals surface area contributed by atoms with Crippen molar-refractivity contribution in [2.24, 2.45) is 5.92 Å². The fourth-order valence-corrected chi connectivity index (χ4v) is 4.54. The van der Waals surface area contributed by atoms with Gasteiger partial charge in [0.15, 0.2) is 0 Å². The largest absolute Gasteiger partial charge is 0.368 e. The molecule has 0 aromatic heterocycles. The SMILES string of the molecule is CCCNCc1ccc(N2CCCC3CCCC32)cc1Br. The first kappa shape index (κ1) is 15.4. The van der Waals surface area contributed by atoms with Gasteiger partial charge < -0.3 is 10.2 Å². The summed E-state index contributed by atoms with van der Waals surface area (Å²) in [6.07, 6.45) is 8.25. The van der Waals surface area contributed by atoms with E-state index in [0.717, 1.165) is 25.0 Å². The maximum atomic E-state index is 3.77. The first-order chi connectivity index (χ1) is 10.3.